The highest BCUT2D eigenvalue weighted by atomic mass is 35.5. The summed E-state index contributed by atoms with van der Waals surface area (Å²) in [6, 6.07) is 11.8. The second-order valence-corrected chi connectivity index (χ2v) is 6.91. The molecule has 2 amide bonds. The van der Waals surface area contributed by atoms with Gasteiger partial charge in [-0.25, -0.2) is 17.9 Å². The molecule has 3 N–H and O–H groups in total. The van der Waals surface area contributed by atoms with Crippen LogP contribution in [0.5, 0.6) is 0 Å². The standard InChI is InChI=1S/C15H12ClN3O3S/c16-11-1-3-12(4-2-11)18-15(20)19-23(21,22)13-5-6-14-10(9-13)7-8-17-14/h1-9,17H,(H2,18,19,20). The van der Waals surface area contributed by atoms with Crippen LogP contribution < -0.4 is 10.0 Å². The number of H-pyrrole nitrogens is 1. The third-order valence-electron chi connectivity index (χ3n) is 3.16. The third kappa shape index (κ3) is 3.46. The lowest BCUT2D eigenvalue weighted by atomic mass is 10.2. The van der Waals surface area contributed by atoms with Crippen LogP contribution in [-0.2, 0) is 10.0 Å². The van der Waals surface area contributed by atoms with Gasteiger partial charge >= 0.3 is 6.03 Å². The molecule has 0 unspecified atom stereocenters. The summed E-state index contributed by atoms with van der Waals surface area (Å²) in [5.74, 6) is 0. The first-order chi connectivity index (χ1) is 10.9. The first-order valence-electron chi connectivity index (χ1n) is 6.60. The van der Waals surface area contributed by atoms with Crippen LogP contribution in [0.15, 0.2) is 59.6 Å². The maximum atomic E-state index is 12.2. The minimum absolute atomic E-state index is 0.0101. The largest absolute Gasteiger partial charge is 0.361 e. The summed E-state index contributed by atoms with van der Waals surface area (Å²) in [4.78, 5) is 14.8. The number of carbonyl (C=O) groups is 1. The molecule has 8 heteroatoms. The van der Waals surface area contributed by atoms with Crippen LogP contribution in [0.25, 0.3) is 10.9 Å². The molecule has 0 aliphatic carbocycles. The van der Waals surface area contributed by atoms with Crippen molar-refractivity contribution < 1.29 is 13.2 Å². The Labute approximate surface area is 137 Å². The topological polar surface area (TPSA) is 91.1 Å². The van der Waals surface area contributed by atoms with E-state index in [-0.39, 0.29) is 4.90 Å². The molecule has 23 heavy (non-hydrogen) atoms. The maximum absolute atomic E-state index is 12.2. The monoisotopic (exact) mass is 349 g/mol. The van der Waals surface area contributed by atoms with Gasteiger partial charge in [-0.15, -0.1) is 0 Å². The van der Waals surface area contributed by atoms with Gasteiger partial charge in [-0.1, -0.05) is 11.6 Å². The number of carbonyl (C=O) groups excluding carboxylic acids is 1. The van der Waals surface area contributed by atoms with Crippen LogP contribution in [0, 0.1) is 0 Å². The number of anilines is 1. The van der Waals surface area contributed by atoms with Crippen molar-refractivity contribution in [3.8, 4) is 0 Å². The number of amides is 2. The number of benzene rings is 2. The predicted octanol–water partition coefficient (Wildman–Crippen LogP) is 3.33. The summed E-state index contributed by atoms with van der Waals surface area (Å²) in [6.07, 6.45) is 1.71. The fourth-order valence-electron chi connectivity index (χ4n) is 2.07. The lowest BCUT2D eigenvalue weighted by Crippen LogP contribution is -2.34. The molecule has 3 rings (SSSR count). The fraction of sp³-hybridized carbons (Fsp3) is 0. The van der Waals surface area contributed by atoms with Crippen molar-refractivity contribution in [2.75, 3.05) is 5.32 Å². The van der Waals surface area contributed by atoms with E-state index in [9.17, 15) is 13.2 Å². The number of fused-ring (bicyclic) bond motifs is 1. The highest BCUT2D eigenvalue weighted by Gasteiger charge is 2.18. The van der Waals surface area contributed by atoms with Crippen molar-refractivity contribution in [1.82, 2.24) is 9.71 Å². The Bertz CT molecular complexity index is 965. The van der Waals surface area contributed by atoms with Crippen molar-refractivity contribution in [2.24, 2.45) is 0 Å². The quantitative estimate of drug-likeness (QED) is 0.677. The molecule has 0 aliphatic rings. The molecule has 0 spiro atoms. The number of urea groups is 1. The van der Waals surface area contributed by atoms with Crippen LogP contribution in [0.2, 0.25) is 5.02 Å². The second-order valence-electron chi connectivity index (χ2n) is 4.79. The molecule has 6 nitrogen and oxygen atoms in total. The molecule has 0 atom stereocenters. The first kappa shape index (κ1) is 15.4. The van der Waals surface area contributed by atoms with Crippen LogP contribution in [-0.4, -0.2) is 19.4 Å². The van der Waals surface area contributed by atoms with Gasteiger partial charge in [-0.2, -0.15) is 0 Å². The first-order valence-corrected chi connectivity index (χ1v) is 8.47. The minimum atomic E-state index is -3.96. The molecule has 0 aliphatic heterocycles. The number of nitrogens with one attached hydrogen (secondary N) is 3. The number of hydrogen-bond acceptors (Lipinski definition) is 3. The van der Waals surface area contributed by atoms with Gasteiger partial charge in [0.15, 0.2) is 0 Å². The zero-order valence-electron chi connectivity index (χ0n) is 11.7. The average Bonchev–Trinajstić information content (AvgIpc) is 2.96. The van der Waals surface area contributed by atoms with E-state index >= 15 is 0 Å². The van der Waals surface area contributed by atoms with Crippen molar-refractivity contribution in [3.63, 3.8) is 0 Å². The zero-order valence-corrected chi connectivity index (χ0v) is 13.3. The Balaban J connectivity index is 1.77. The summed E-state index contributed by atoms with van der Waals surface area (Å²) < 4.78 is 26.5. The molecule has 118 valence electrons. The van der Waals surface area contributed by atoms with E-state index in [2.05, 4.69) is 10.3 Å². The molecule has 0 saturated heterocycles. The SMILES string of the molecule is O=C(Nc1ccc(Cl)cc1)NS(=O)(=O)c1ccc2[nH]ccc2c1. The minimum Gasteiger partial charge on any atom is -0.361 e. The summed E-state index contributed by atoms with van der Waals surface area (Å²) >= 11 is 5.75. The van der Waals surface area contributed by atoms with Crippen LogP contribution in [0.3, 0.4) is 0 Å². The smallest absolute Gasteiger partial charge is 0.333 e. The molecule has 3 aromatic rings. The summed E-state index contributed by atoms with van der Waals surface area (Å²) in [7, 11) is -3.96. The van der Waals surface area contributed by atoms with E-state index in [0.717, 1.165) is 10.9 Å². The van der Waals surface area contributed by atoms with Gasteiger partial charge in [0.1, 0.15) is 0 Å². The number of rotatable bonds is 3. The van der Waals surface area contributed by atoms with Crippen molar-refractivity contribution in [1.29, 1.82) is 0 Å². The van der Waals surface area contributed by atoms with Gasteiger partial charge in [0.05, 0.1) is 4.90 Å². The van der Waals surface area contributed by atoms with E-state index in [1.54, 1.807) is 42.6 Å². The van der Waals surface area contributed by atoms with Crippen molar-refractivity contribution in [3.05, 3.63) is 59.8 Å². The maximum Gasteiger partial charge on any atom is 0.333 e. The molecule has 0 radical (unpaired) electrons. The molecular weight excluding hydrogens is 338 g/mol. The van der Waals surface area contributed by atoms with Crippen molar-refractivity contribution in [2.45, 2.75) is 4.90 Å². The van der Waals surface area contributed by atoms with Crippen molar-refractivity contribution >= 4 is 44.2 Å². The summed E-state index contributed by atoms with van der Waals surface area (Å²) in [6.45, 7) is 0. The lowest BCUT2D eigenvalue weighted by molar-refractivity contribution is 0.256. The number of sulfonamides is 1. The normalized spacial score (nSPS) is 11.3. The van der Waals surface area contributed by atoms with Gasteiger partial charge in [-0.05, 0) is 48.5 Å². The van der Waals surface area contributed by atoms with Gasteiger partial charge in [0.25, 0.3) is 10.0 Å². The Morgan fingerprint density at radius 2 is 1.78 bits per heavy atom. The lowest BCUT2D eigenvalue weighted by Gasteiger charge is -2.09. The third-order valence-corrected chi connectivity index (χ3v) is 4.74. The number of aromatic amines is 1. The highest BCUT2D eigenvalue weighted by molar-refractivity contribution is 7.90. The second kappa shape index (κ2) is 5.94. The molecule has 0 saturated carbocycles. The van der Waals surface area contributed by atoms with Crippen LogP contribution >= 0.6 is 11.6 Å². The summed E-state index contributed by atoms with van der Waals surface area (Å²) in [5.41, 5.74) is 1.25. The molecular formula is C15H12ClN3O3S. The zero-order chi connectivity index (χ0) is 16.4. The Morgan fingerprint density at radius 3 is 2.52 bits per heavy atom. The molecule has 1 heterocycles. The van der Waals surface area contributed by atoms with Crippen LogP contribution in [0.4, 0.5) is 10.5 Å². The molecule has 0 bridgehead atoms. The molecule has 2 aromatic carbocycles. The fourth-order valence-corrected chi connectivity index (χ4v) is 3.14. The van der Waals surface area contributed by atoms with E-state index in [0.29, 0.717) is 10.7 Å². The molecule has 1 aromatic heterocycles. The predicted molar refractivity (Wildman–Crippen MR) is 89.1 cm³/mol. The average molecular weight is 350 g/mol. The Kier molecular flexibility index (Phi) is 3.97. The number of halogens is 1. The highest BCUT2D eigenvalue weighted by Crippen LogP contribution is 2.18. The number of aromatic nitrogens is 1. The van der Waals surface area contributed by atoms with Gasteiger partial charge in [-0.3, -0.25) is 0 Å². The van der Waals surface area contributed by atoms with E-state index < -0.39 is 16.1 Å². The van der Waals surface area contributed by atoms with E-state index in [1.807, 2.05) is 4.72 Å². The Morgan fingerprint density at radius 1 is 1.04 bits per heavy atom. The van der Waals surface area contributed by atoms with Gasteiger partial charge in [0.2, 0.25) is 0 Å². The van der Waals surface area contributed by atoms with Gasteiger partial charge in [0, 0.05) is 27.8 Å². The van der Waals surface area contributed by atoms with E-state index in [4.69, 9.17) is 11.6 Å². The Hall–Kier alpha value is -2.51. The van der Waals surface area contributed by atoms with Gasteiger partial charge < -0.3 is 10.3 Å². The van der Waals surface area contributed by atoms with E-state index in [1.165, 1.54) is 12.1 Å². The number of hydrogen-bond donors (Lipinski definition) is 3. The van der Waals surface area contributed by atoms with Crippen LogP contribution in [0.1, 0.15) is 0 Å². The molecule has 0 fully saturated rings. The summed E-state index contributed by atoms with van der Waals surface area (Å²) in [5, 5.41) is 3.69.